The second-order valence-corrected chi connectivity index (χ2v) is 8.83. The van der Waals surface area contributed by atoms with E-state index in [1.165, 1.54) is 44.9 Å². The van der Waals surface area contributed by atoms with Crippen LogP contribution in [-0.4, -0.2) is 56.9 Å². The molecule has 0 aromatic carbocycles. The summed E-state index contributed by atoms with van der Waals surface area (Å²) >= 11 is 12.2. The fourth-order valence-corrected chi connectivity index (χ4v) is 4.86. The molecule has 0 atom stereocenters. The van der Waals surface area contributed by atoms with E-state index in [1.807, 2.05) is 14.0 Å². The van der Waals surface area contributed by atoms with Gasteiger partial charge in [-0.3, -0.25) is 9.58 Å². The lowest BCUT2D eigenvalue weighted by Crippen LogP contribution is -2.46. The smallest absolute Gasteiger partial charge is 0.169 e. The molecule has 0 unspecified atom stereocenters. The second kappa shape index (κ2) is 10.1. The van der Waals surface area contributed by atoms with Crippen LogP contribution in [0.1, 0.15) is 62.6 Å². The third-order valence-electron chi connectivity index (χ3n) is 5.96. The molecule has 3 rings (SSSR count). The fraction of sp³-hybridized carbons (Fsp3) is 0.800. The van der Waals surface area contributed by atoms with Gasteiger partial charge in [0.2, 0.25) is 0 Å². The van der Waals surface area contributed by atoms with Gasteiger partial charge in [0.05, 0.1) is 5.69 Å². The maximum atomic E-state index is 6.42. The molecule has 1 saturated heterocycles. The van der Waals surface area contributed by atoms with Crippen LogP contribution in [0.4, 0.5) is 0 Å². The van der Waals surface area contributed by atoms with Crippen molar-refractivity contribution in [2.75, 3.05) is 26.2 Å². The molecule has 2 heterocycles. The Labute approximate surface area is 174 Å². The van der Waals surface area contributed by atoms with Crippen molar-refractivity contribution in [3.8, 4) is 0 Å². The highest BCUT2D eigenvalue weighted by atomic mass is 35.5. The Hall–Kier alpha value is -0.850. The van der Waals surface area contributed by atoms with Crippen LogP contribution in [-0.2, 0) is 13.6 Å². The number of aromatic nitrogens is 2. The summed E-state index contributed by atoms with van der Waals surface area (Å²) in [6.07, 6.45) is 10.5. The van der Waals surface area contributed by atoms with Crippen LogP contribution in [0.5, 0.6) is 0 Å². The van der Waals surface area contributed by atoms with E-state index in [-0.39, 0.29) is 0 Å². The first-order valence-electron chi connectivity index (χ1n) is 10.5. The van der Waals surface area contributed by atoms with Crippen molar-refractivity contribution in [3.05, 3.63) is 16.4 Å². The molecule has 0 radical (unpaired) electrons. The molecular formula is C20H34ClN5S. The number of rotatable bonds is 3. The number of aryl methyl sites for hydroxylation is 2. The third-order valence-corrected chi connectivity index (χ3v) is 6.81. The number of hydrogen-bond acceptors (Lipinski definition) is 3. The molecule has 2 aliphatic rings. The van der Waals surface area contributed by atoms with Crippen molar-refractivity contribution >= 4 is 28.9 Å². The second-order valence-electron chi connectivity index (χ2n) is 8.09. The van der Waals surface area contributed by atoms with Crippen molar-refractivity contribution in [2.45, 2.75) is 70.9 Å². The molecule has 7 heteroatoms. The molecular weight excluding hydrogens is 378 g/mol. The van der Waals surface area contributed by atoms with E-state index in [2.05, 4.69) is 20.2 Å². The van der Waals surface area contributed by atoms with Gasteiger partial charge >= 0.3 is 0 Å². The van der Waals surface area contributed by atoms with Gasteiger partial charge in [-0.1, -0.05) is 43.7 Å². The molecule has 0 bridgehead atoms. The summed E-state index contributed by atoms with van der Waals surface area (Å²) < 4.78 is 1.77. The molecule has 1 aliphatic heterocycles. The molecule has 27 heavy (non-hydrogen) atoms. The predicted octanol–water partition coefficient (Wildman–Crippen LogP) is 3.88. The van der Waals surface area contributed by atoms with Crippen molar-refractivity contribution in [1.82, 2.24) is 24.9 Å². The van der Waals surface area contributed by atoms with Gasteiger partial charge in [-0.2, -0.15) is 5.10 Å². The monoisotopic (exact) mass is 411 g/mol. The van der Waals surface area contributed by atoms with Crippen LogP contribution in [0.3, 0.4) is 0 Å². The van der Waals surface area contributed by atoms with Crippen LogP contribution in [0.15, 0.2) is 0 Å². The molecule has 0 amide bonds. The summed E-state index contributed by atoms with van der Waals surface area (Å²) in [7, 11) is 1.91. The Morgan fingerprint density at radius 2 is 1.78 bits per heavy atom. The summed E-state index contributed by atoms with van der Waals surface area (Å²) in [5.74, 6) is 0. The van der Waals surface area contributed by atoms with Crippen molar-refractivity contribution in [3.63, 3.8) is 0 Å². The van der Waals surface area contributed by atoms with E-state index in [9.17, 15) is 0 Å². The molecule has 5 nitrogen and oxygen atoms in total. The van der Waals surface area contributed by atoms with E-state index >= 15 is 0 Å². The van der Waals surface area contributed by atoms with E-state index < -0.39 is 0 Å². The van der Waals surface area contributed by atoms with Crippen LogP contribution in [0.25, 0.3) is 0 Å². The minimum atomic E-state index is 0.564. The Morgan fingerprint density at radius 1 is 1.07 bits per heavy atom. The highest BCUT2D eigenvalue weighted by molar-refractivity contribution is 7.80. The molecule has 1 aromatic rings. The quantitative estimate of drug-likeness (QED) is 0.764. The first-order valence-corrected chi connectivity index (χ1v) is 11.3. The number of thiocarbonyl (C=S) groups is 1. The van der Waals surface area contributed by atoms with Crippen LogP contribution < -0.4 is 5.32 Å². The van der Waals surface area contributed by atoms with Gasteiger partial charge in [-0.15, -0.1) is 0 Å². The van der Waals surface area contributed by atoms with E-state index in [1.54, 1.807) is 4.68 Å². The SMILES string of the molecule is Cc1nn(C)c(Cl)c1CN1CCCN(C(=S)NC2CCCCCCC2)CC1. The van der Waals surface area contributed by atoms with E-state index in [0.29, 0.717) is 6.04 Å². The topological polar surface area (TPSA) is 36.3 Å². The Bertz CT molecular complexity index is 624. The summed E-state index contributed by atoms with van der Waals surface area (Å²) in [6.45, 7) is 7.02. The Morgan fingerprint density at radius 3 is 2.44 bits per heavy atom. The summed E-state index contributed by atoms with van der Waals surface area (Å²) in [6, 6.07) is 0.564. The van der Waals surface area contributed by atoms with Gasteiger partial charge < -0.3 is 10.2 Å². The molecule has 0 spiro atoms. The highest BCUT2D eigenvalue weighted by Crippen LogP contribution is 2.21. The normalized spacial score (nSPS) is 20.8. The Kier molecular flexibility index (Phi) is 7.79. The summed E-state index contributed by atoms with van der Waals surface area (Å²) in [5, 5.41) is 9.83. The van der Waals surface area contributed by atoms with Crippen molar-refractivity contribution in [2.24, 2.45) is 7.05 Å². The maximum absolute atomic E-state index is 6.42. The average molecular weight is 412 g/mol. The minimum absolute atomic E-state index is 0.564. The lowest BCUT2D eigenvalue weighted by atomic mass is 9.97. The van der Waals surface area contributed by atoms with Gasteiger partial charge in [-0.25, -0.2) is 0 Å². The molecule has 2 fully saturated rings. The first-order chi connectivity index (χ1) is 13.0. The molecule has 1 N–H and O–H groups in total. The Balaban J connectivity index is 1.50. The first kappa shape index (κ1) is 20.9. The van der Waals surface area contributed by atoms with E-state index in [4.69, 9.17) is 23.8 Å². The van der Waals surface area contributed by atoms with Crippen molar-refractivity contribution < 1.29 is 0 Å². The largest absolute Gasteiger partial charge is 0.360 e. The van der Waals surface area contributed by atoms with Gasteiger partial charge in [0.1, 0.15) is 5.15 Å². The van der Waals surface area contributed by atoms with Gasteiger partial charge in [-0.05, 0) is 38.4 Å². The molecule has 152 valence electrons. The number of hydrogen-bond donors (Lipinski definition) is 1. The molecule has 1 aromatic heterocycles. The number of nitrogens with zero attached hydrogens (tertiary/aromatic N) is 4. The average Bonchev–Trinajstić information content (AvgIpc) is 2.80. The molecule has 1 saturated carbocycles. The maximum Gasteiger partial charge on any atom is 0.169 e. The zero-order valence-corrected chi connectivity index (χ0v) is 18.4. The summed E-state index contributed by atoms with van der Waals surface area (Å²) in [4.78, 5) is 4.85. The minimum Gasteiger partial charge on any atom is -0.360 e. The van der Waals surface area contributed by atoms with Crippen LogP contribution in [0.2, 0.25) is 5.15 Å². The zero-order valence-electron chi connectivity index (χ0n) is 16.8. The highest BCUT2D eigenvalue weighted by Gasteiger charge is 2.21. The van der Waals surface area contributed by atoms with Gasteiger partial charge in [0, 0.05) is 51.4 Å². The fourth-order valence-electron chi connectivity index (χ4n) is 4.28. The van der Waals surface area contributed by atoms with E-state index in [0.717, 1.165) is 60.7 Å². The number of nitrogens with one attached hydrogen (secondary N) is 1. The lowest BCUT2D eigenvalue weighted by molar-refractivity contribution is 0.276. The zero-order chi connectivity index (χ0) is 19.2. The predicted molar refractivity (Wildman–Crippen MR) is 116 cm³/mol. The van der Waals surface area contributed by atoms with Crippen molar-refractivity contribution in [1.29, 1.82) is 0 Å². The summed E-state index contributed by atoms with van der Waals surface area (Å²) in [5.41, 5.74) is 2.19. The third kappa shape index (κ3) is 5.81. The van der Waals surface area contributed by atoms with Gasteiger partial charge in [0.25, 0.3) is 0 Å². The van der Waals surface area contributed by atoms with Crippen LogP contribution in [0, 0.1) is 6.92 Å². The standard InChI is InChI=1S/C20H34ClN5S/c1-16-18(19(21)24(2)23-16)15-25-11-8-12-26(14-13-25)20(27)22-17-9-6-4-3-5-7-10-17/h17H,3-15H2,1-2H3,(H,22,27). The van der Waals surface area contributed by atoms with Crippen LogP contribution >= 0.6 is 23.8 Å². The molecule has 1 aliphatic carbocycles. The van der Waals surface area contributed by atoms with Gasteiger partial charge in [0.15, 0.2) is 5.11 Å². The number of halogens is 1. The lowest BCUT2D eigenvalue weighted by Gasteiger charge is -2.29.